The molecule has 1 atom stereocenters. The van der Waals surface area contributed by atoms with Crippen LogP contribution in [0.15, 0.2) is 35.3 Å². The second kappa shape index (κ2) is 4.73. The molecule has 108 valence electrons. The van der Waals surface area contributed by atoms with Crippen LogP contribution in [0, 0.1) is 16.7 Å². The lowest BCUT2D eigenvalue weighted by molar-refractivity contribution is 0.215. The van der Waals surface area contributed by atoms with E-state index >= 15 is 0 Å². The molecule has 1 aliphatic carbocycles. The van der Waals surface area contributed by atoms with Gasteiger partial charge in [-0.25, -0.2) is 0 Å². The van der Waals surface area contributed by atoms with Crippen molar-refractivity contribution in [3.05, 3.63) is 35.3 Å². The van der Waals surface area contributed by atoms with Gasteiger partial charge in [-0.1, -0.05) is 48.1 Å². The van der Waals surface area contributed by atoms with E-state index in [0.717, 1.165) is 16.8 Å². The Morgan fingerprint density at radius 2 is 1.58 bits per heavy atom. The minimum absolute atomic E-state index is 0.0240. The van der Waals surface area contributed by atoms with Gasteiger partial charge in [0.1, 0.15) is 5.76 Å². The summed E-state index contributed by atoms with van der Waals surface area (Å²) in [6.07, 6.45) is 2.08. The number of allylic oxidation sites excluding steroid dienone is 4. The summed E-state index contributed by atoms with van der Waals surface area (Å²) < 4.78 is 0. The van der Waals surface area contributed by atoms with Gasteiger partial charge in [-0.15, -0.1) is 0 Å². The van der Waals surface area contributed by atoms with Gasteiger partial charge in [0, 0.05) is 25.7 Å². The number of likely N-dealkylation sites (N-methyl/N-ethyl adjacent to an activating group) is 1. The molecule has 0 amide bonds. The van der Waals surface area contributed by atoms with Gasteiger partial charge < -0.3 is 10.0 Å². The number of aliphatic hydroxyl groups excluding tert-OH is 1. The predicted octanol–water partition coefficient (Wildman–Crippen LogP) is 4.52. The molecule has 19 heavy (non-hydrogen) atoms. The van der Waals surface area contributed by atoms with E-state index in [9.17, 15) is 5.11 Å². The van der Waals surface area contributed by atoms with Gasteiger partial charge in [0.25, 0.3) is 0 Å². The van der Waals surface area contributed by atoms with Crippen molar-refractivity contribution < 1.29 is 5.11 Å². The van der Waals surface area contributed by atoms with E-state index in [4.69, 9.17) is 0 Å². The zero-order valence-corrected chi connectivity index (χ0v) is 13.8. The number of hydrogen-bond donors (Lipinski definition) is 1. The molecule has 0 bridgehead atoms. The van der Waals surface area contributed by atoms with Crippen LogP contribution in [0.5, 0.6) is 0 Å². The first kappa shape index (κ1) is 15.9. The Balaban J connectivity index is 3.50. The van der Waals surface area contributed by atoms with Crippen LogP contribution in [-0.4, -0.2) is 24.1 Å². The van der Waals surface area contributed by atoms with E-state index in [1.54, 1.807) is 0 Å². The minimum atomic E-state index is -0.0739. The van der Waals surface area contributed by atoms with E-state index in [1.165, 1.54) is 0 Å². The van der Waals surface area contributed by atoms with Gasteiger partial charge in [-0.3, -0.25) is 0 Å². The van der Waals surface area contributed by atoms with Crippen LogP contribution < -0.4 is 0 Å². The highest BCUT2D eigenvalue weighted by Crippen LogP contribution is 2.47. The summed E-state index contributed by atoms with van der Waals surface area (Å²) in [5.74, 6) is 0.458. The highest BCUT2D eigenvalue weighted by Gasteiger charge is 2.39. The van der Waals surface area contributed by atoms with Gasteiger partial charge >= 0.3 is 0 Å². The number of rotatable bonds is 1. The van der Waals surface area contributed by atoms with Gasteiger partial charge in [-0.2, -0.15) is 0 Å². The summed E-state index contributed by atoms with van der Waals surface area (Å²) in [5.41, 5.74) is 3.01. The van der Waals surface area contributed by atoms with Crippen LogP contribution in [-0.2, 0) is 0 Å². The number of nitrogens with zero attached hydrogens (tertiary/aromatic N) is 1. The van der Waals surface area contributed by atoms with Crippen LogP contribution in [0.3, 0.4) is 0 Å². The highest BCUT2D eigenvalue weighted by molar-refractivity contribution is 5.48. The first-order chi connectivity index (χ1) is 8.37. The van der Waals surface area contributed by atoms with E-state index in [0.29, 0.717) is 5.76 Å². The Morgan fingerprint density at radius 3 is 1.89 bits per heavy atom. The van der Waals surface area contributed by atoms with Crippen LogP contribution in [0.1, 0.15) is 41.5 Å². The molecule has 2 heteroatoms. The van der Waals surface area contributed by atoms with Gasteiger partial charge in [0.05, 0.1) is 0 Å². The van der Waals surface area contributed by atoms with Crippen molar-refractivity contribution in [1.29, 1.82) is 0 Å². The smallest absolute Gasteiger partial charge is 0.104 e. The fraction of sp³-hybridized carbons (Fsp3) is 0.647. The molecule has 0 fully saturated rings. The molecule has 1 unspecified atom stereocenters. The topological polar surface area (TPSA) is 23.5 Å². The first-order valence-corrected chi connectivity index (χ1v) is 6.89. The van der Waals surface area contributed by atoms with Crippen molar-refractivity contribution in [3.8, 4) is 0 Å². The molecule has 0 aromatic carbocycles. The molecule has 1 N–H and O–H groups in total. The van der Waals surface area contributed by atoms with Gasteiger partial charge in [0.2, 0.25) is 0 Å². The fourth-order valence-corrected chi connectivity index (χ4v) is 2.72. The molecular formula is C17H29NO. The third kappa shape index (κ3) is 3.05. The maximum Gasteiger partial charge on any atom is 0.104 e. The van der Waals surface area contributed by atoms with Gasteiger partial charge in [0.15, 0.2) is 0 Å². The zero-order valence-electron chi connectivity index (χ0n) is 13.8. The van der Waals surface area contributed by atoms with Crippen LogP contribution in [0.2, 0.25) is 0 Å². The largest absolute Gasteiger partial charge is 0.511 e. The highest BCUT2D eigenvalue weighted by atomic mass is 16.3. The molecule has 0 spiro atoms. The lowest BCUT2D eigenvalue weighted by Crippen LogP contribution is -2.33. The Kier molecular flexibility index (Phi) is 3.96. The monoisotopic (exact) mass is 263 g/mol. The van der Waals surface area contributed by atoms with Crippen LogP contribution in [0.4, 0.5) is 0 Å². The van der Waals surface area contributed by atoms with Crippen molar-refractivity contribution in [2.45, 2.75) is 41.5 Å². The lowest BCUT2D eigenvalue weighted by Gasteiger charge is -2.40. The van der Waals surface area contributed by atoms with Crippen molar-refractivity contribution in [2.75, 3.05) is 14.1 Å². The molecule has 1 aliphatic rings. The molecule has 0 aromatic rings. The Morgan fingerprint density at radius 1 is 1.11 bits per heavy atom. The molecule has 0 aromatic heterocycles. The quantitative estimate of drug-likeness (QED) is 0.751. The van der Waals surface area contributed by atoms with Crippen molar-refractivity contribution in [1.82, 2.24) is 4.90 Å². The Labute approximate surface area is 118 Å². The van der Waals surface area contributed by atoms with E-state index in [1.807, 2.05) is 14.1 Å². The summed E-state index contributed by atoms with van der Waals surface area (Å²) >= 11 is 0. The third-order valence-electron chi connectivity index (χ3n) is 3.66. The van der Waals surface area contributed by atoms with Crippen LogP contribution >= 0.6 is 0 Å². The maximum atomic E-state index is 10.7. The molecule has 0 aliphatic heterocycles. The second-order valence-corrected chi connectivity index (χ2v) is 7.80. The predicted molar refractivity (Wildman–Crippen MR) is 83.0 cm³/mol. The summed E-state index contributed by atoms with van der Waals surface area (Å²) in [6, 6.07) is 0. The van der Waals surface area contributed by atoms with Crippen molar-refractivity contribution in [3.63, 3.8) is 0 Å². The summed E-state index contributed by atoms with van der Waals surface area (Å²) in [6.45, 7) is 17.1. The van der Waals surface area contributed by atoms with Crippen LogP contribution in [0.25, 0.3) is 0 Å². The SMILES string of the molecule is C=C1C(N(C)C)=CC(C(C)(C)C)=C(O)C1C(C)(C)C. The maximum absolute atomic E-state index is 10.7. The summed E-state index contributed by atoms with van der Waals surface area (Å²) in [5, 5.41) is 10.7. The lowest BCUT2D eigenvalue weighted by atomic mass is 9.68. The van der Waals surface area contributed by atoms with Gasteiger partial charge in [-0.05, 0) is 28.1 Å². The molecule has 1 rings (SSSR count). The van der Waals surface area contributed by atoms with E-state index in [2.05, 4.69) is 59.1 Å². The molecule has 2 nitrogen and oxygen atoms in total. The summed E-state index contributed by atoms with van der Waals surface area (Å²) in [4.78, 5) is 2.08. The molecular weight excluding hydrogens is 234 g/mol. The first-order valence-electron chi connectivity index (χ1n) is 6.89. The fourth-order valence-electron chi connectivity index (χ4n) is 2.72. The Bertz CT molecular complexity index is 439. The summed E-state index contributed by atoms with van der Waals surface area (Å²) in [7, 11) is 4.05. The third-order valence-corrected chi connectivity index (χ3v) is 3.66. The normalized spacial score (nSPS) is 21.6. The van der Waals surface area contributed by atoms with E-state index in [-0.39, 0.29) is 16.7 Å². The molecule has 0 saturated carbocycles. The average Bonchev–Trinajstić information content (AvgIpc) is 2.12. The van der Waals surface area contributed by atoms with Crippen molar-refractivity contribution in [2.24, 2.45) is 16.7 Å². The zero-order chi connectivity index (χ0) is 15.2. The van der Waals surface area contributed by atoms with E-state index < -0.39 is 0 Å². The standard InChI is InChI=1S/C17H29NO/c1-11-13(18(8)9)10-12(16(2,3)4)15(19)14(11)17(5,6)7/h10,14,19H,1H2,2-9H3. The second-order valence-electron chi connectivity index (χ2n) is 7.80. The molecule has 0 saturated heterocycles. The molecule has 0 radical (unpaired) electrons. The minimum Gasteiger partial charge on any atom is -0.511 e. The number of aliphatic hydroxyl groups is 1. The molecule has 0 heterocycles. The Hall–Kier alpha value is -1.18. The average molecular weight is 263 g/mol. The number of hydrogen-bond acceptors (Lipinski definition) is 2. The van der Waals surface area contributed by atoms with Crippen molar-refractivity contribution >= 4 is 0 Å².